The zero-order valence-electron chi connectivity index (χ0n) is 13.3. The standard InChI is InChI=1S/C13H27N3O4S/c1-13(2,3)20-12(17)16-9-6-11(10-16)14-7-5-8-15-21(4,18)19/h11,14-15H,5-10H2,1-4H3. The van der Waals surface area contributed by atoms with Crippen LogP contribution in [0.1, 0.15) is 33.6 Å². The molecule has 1 aliphatic rings. The van der Waals surface area contributed by atoms with E-state index in [9.17, 15) is 13.2 Å². The summed E-state index contributed by atoms with van der Waals surface area (Å²) in [7, 11) is -3.11. The fraction of sp³-hybridized carbons (Fsp3) is 0.923. The Balaban J connectivity index is 2.19. The van der Waals surface area contributed by atoms with E-state index in [1.54, 1.807) is 4.90 Å². The van der Waals surface area contributed by atoms with Crippen LogP contribution < -0.4 is 10.0 Å². The van der Waals surface area contributed by atoms with Crippen LogP contribution in [0.25, 0.3) is 0 Å². The number of hydrogen-bond donors (Lipinski definition) is 2. The predicted molar refractivity (Wildman–Crippen MR) is 81.7 cm³/mol. The van der Waals surface area contributed by atoms with E-state index in [4.69, 9.17) is 4.74 Å². The van der Waals surface area contributed by atoms with E-state index < -0.39 is 15.6 Å². The first-order chi connectivity index (χ1) is 9.57. The number of rotatable bonds is 6. The van der Waals surface area contributed by atoms with Crippen molar-refractivity contribution in [2.45, 2.75) is 45.3 Å². The molecule has 8 heteroatoms. The number of amides is 1. The second-order valence-electron chi connectivity index (χ2n) is 6.39. The van der Waals surface area contributed by atoms with Gasteiger partial charge >= 0.3 is 6.09 Å². The molecule has 1 unspecified atom stereocenters. The van der Waals surface area contributed by atoms with Gasteiger partial charge < -0.3 is 15.0 Å². The number of sulfonamides is 1. The lowest BCUT2D eigenvalue weighted by molar-refractivity contribution is 0.0291. The first-order valence-electron chi connectivity index (χ1n) is 7.23. The molecule has 21 heavy (non-hydrogen) atoms. The molecule has 1 amide bonds. The van der Waals surface area contributed by atoms with Gasteiger partial charge in [-0.25, -0.2) is 17.9 Å². The van der Waals surface area contributed by atoms with Crippen molar-refractivity contribution in [2.75, 3.05) is 32.4 Å². The minimum absolute atomic E-state index is 0.246. The highest BCUT2D eigenvalue weighted by Crippen LogP contribution is 2.15. The summed E-state index contributed by atoms with van der Waals surface area (Å²) in [6, 6.07) is 0.246. The number of hydrogen-bond acceptors (Lipinski definition) is 5. The number of carbonyl (C=O) groups is 1. The molecule has 1 rings (SSSR count). The van der Waals surface area contributed by atoms with Crippen LogP contribution in [-0.2, 0) is 14.8 Å². The van der Waals surface area contributed by atoms with Gasteiger partial charge in [-0.1, -0.05) is 0 Å². The van der Waals surface area contributed by atoms with E-state index in [0.717, 1.165) is 25.6 Å². The third kappa shape index (κ3) is 8.23. The number of nitrogens with zero attached hydrogens (tertiary/aromatic N) is 1. The molecule has 0 saturated carbocycles. The molecule has 0 radical (unpaired) electrons. The summed E-state index contributed by atoms with van der Waals surface area (Å²) in [5, 5.41) is 3.33. The molecule has 124 valence electrons. The third-order valence-electron chi connectivity index (χ3n) is 2.99. The highest BCUT2D eigenvalue weighted by atomic mass is 32.2. The van der Waals surface area contributed by atoms with E-state index in [1.165, 1.54) is 0 Å². The number of likely N-dealkylation sites (tertiary alicyclic amines) is 1. The largest absolute Gasteiger partial charge is 0.444 e. The van der Waals surface area contributed by atoms with Crippen LogP contribution in [0.3, 0.4) is 0 Å². The van der Waals surface area contributed by atoms with Gasteiger partial charge in [-0.15, -0.1) is 0 Å². The molecule has 0 aromatic heterocycles. The van der Waals surface area contributed by atoms with Crippen molar-refractivity contribution in [3.8, 4) is 0 Å². The fourth-order valence-corrected chi connectivity index (χ4v) is 2.59. The summed E-state index contributed by atoms with van der Waals surface area (Å²) in [6.45, 7) is 8.02. The molecule has 0 aromatic carbocycles. The minimum atomic E-state index is -3.11. The van der Waals surface area contributed by atoms with Crippen LogP contribution in [0.4, 0.5) is 4.79 Å². The molecule has 1 heterocycles. The maximum atomic E-state index is 11.9. The molecule has 7 nitrogen and oxygen atoms in total. The predicted octanol–water partition coefficient (Wildman–Crippen LogP) is 0.525. The van der Waals surface area contributed by atoms with Crippen molar-refractivity contribution in [3.63, 3.8) is 0 Å². The molecule has 1 atom stereocenters. The number of ether oxygens (including phenoxy) is 1. The minimum Gasteiger partial charge on any atom is -0.444 e. The van der Waals surface area contributed by atoms with Gasteiger partial charge in [0.25, 0.3) is 0 Å². The molecule has 0 spiro atoms. The molecular weight excluding hydrogens is 294 g/mol. The average molecular weight is 321 g/mol. The van der Waals surface area contributed by atoms with Crippen LogP contribution in [-0.4, -0.2) is 63.5 Å². The zero-order valence-corrected chi connectivity index (χ0v) is 14.1. The molecule has 1 fully saturated rings. The lowest BCUT2D eigenvalue weighted by atomic mass is 10.2. The topological polar surface area (TPSA) is 87.7 Å². The Morgan fingerprint density at radius 1 is 1.33 bits per heavy atom. The summed E-state index contributed by atoms with van der Waals surface area (Å²) in [5.74, 6) is 0. The molecule has 2 N–H and O–H groups in total. The van der Waals surface area contributed by atoms with Crippen molar-refractivity contribution >= 4 is 16.1 Å². The van der Waals surface area contributed by atoms with E-state index in [0.29, 0.717) is 19.6 Å². The summed E-state index contributed by atoms with van der Waals surface area (Å²) < 4.78 is 29.6. The Labute approximate surface area is 127 Å². The summed E-state index contributed by atoms with van der Waals surface area (Å²) in [6.07, 6.45) is 2.48. The quantitative estimate of drug-likeness (QED) is 0.697. The number of nitrogens with one attached hydrogen (secondary N) is 2. The Morgan fingerprint density at radius 2 is 2.00 bits per heavy atom. The second-order valence-corrected chi connectivity index (χ2v) is 8.22. The molecule has 0 aromatic rings. The van der Waals surface area contributed by atoms with Crippen LogP contribution in [0.15, 0.2) is 0 Å². The van der Waals surface area contributed by atoms with Crippen LogP contribution >= 0.6 is 0 Å². The highest BCUT2D eigenvalue weighted by molar-refractivity contribution is 7.88. The van der Waals surface area contributed by atoms with Crippen LogP contribution in [0.5, 0.6) is 0 Å². The van der Waals surface area contributed by atoms with E-state index >= 15 is 0 Å². The van der Waals surface area contributed by atoms with Gasteiger partial charge in [0.15, 0.2) is 0 Å². The molecule has 1 aliphatic heterocycles. The van der Waals surface area contributed by atoms with Gasteiger partial charge in [-0.05, 0) is 40.2 Å². The average Bonchev–Trinajstić information content (AvgIpc) is 2.73. The van der Waals surface area contributed by atoms with Crippen molar-refractivity contribution in [2.24, 2.45) is 0 Å². The van der Waals surface area contributed by atoms with Gasteiger partial charge in [-0.2, -0.15) is 0 Å². The molecule has 0 aliphatic carbocycles. The molecular formula is C13H27N3O4S. The number of carbonyl (C=O) groups excluding carboxylic acids is 1. The third-order valence-corrected chi connectivity index (χ3v) is 3.72. The fourth-order valence-electron chi connectivity index (χ4n) is 2.07. The summed E-state index contributed by atoms with van der Waals surface area (Å²) in [5.41, 5.74) is -0.472. The lowest BCUT2D eigenvalue weighted by Gasteiger charge is -2.24. The van der Waals surface area contributed by atoms with E-state index in [-0.39, 0.29) is 12.1 Å². The van der Waals surface area contributed by atoms with E-state index in [1.807, 2.05) is 20.8 Å². The van der Waals surface area contributed by atoms with Gasteiger partial charge in [0.1, 0.15) is 5.60 Å². The van der Waals surface area contributed by atoms with Gasteiger partial charge in [0.05, 0.1) is 6.26 Å². The van der Waals surface area contributed by atoms with Crippen LogP contribution in [0.2, 0.25) is 0 Å². The van der Waals surface area contributed by atoms with Crippen molar-refractivity contribution in [1.82, 2.24) is 14.9 Å². The SMILES string of the molecule is CC(C)(C)OC(=O)N1CCC(NCCCNS(C)(=O)=O)C1. The Kier molecular flexibility index (Phi) is 6.42. The first kappa shape index (κ1) is 18.2. The first-order valence-corrected chi connectivity index (χ1v) is 9.12. The van der Waals surface area contributed by atoms with Gasteiger partial charge in [0, 0.05) is 25.7 Å². The Morgan fingerprint density at radius 3 is 2.57 bits per heavy atom. The smallest absolute Gasteiger partial charge is 0.410 e. The monoisotopic (exact) mass is 321 g/mol. The lowest BCUT2D eigenvalue weighted by Crippen LogP contribution is -2.39. The Hall–Kier alpha value is -0.860. The zero-order chi connectivity index (χ0) is 16.1. The molecule has 0 bridgehead atoms. The van der Waals surface area contributed by atoms with Gasteiger partial charge in [-0.3, -0.25) is 0 Å². The normalized spacial score (nSPS) is 19.8. The Bertz CT molecular complexity index is 445. The van der Waals surface area contributed by atoms with Crippen molar-refractivity contribution in [3.05, 3.63) is 0 Å². The summed E-state index contributed by atoms with van der Waals surface area (Å²) in [4.78, 5) is 13.6. The summed E-state index contributed by atoms with van der Waals surface area (Å²) >= 11 is 0. The highest BCUT2D eigenvalue weighted by Gasteiger charge is 2.29. The molecule has 1 saturated heterocycles. The maximum absolute atomic E-state index is 11.9. The second kappa shape index (κ2) is 7.42. The van der Waals surface area contributed by atoms with Crippen LogP contribution in [0, 0.1) is 0 Å². The van der Waals surface area contributed by atoms with Crippen molar-refractivity contribution < 1.29 is 17.9 Å². The van der Waals surface area contributed by atoms with E-state index in [2.05, 4.69) is 10.0 Å². The van der Waals surface area contributed by atoms with Gasteiger partial charge in [0.2, 0.25) is 10.0 Å². The van der Waals surface area contributed by atoms with Crippen molar-refractivity contribution in [1.29, 1.82) is 0 Å². The maximum Gasteiger partial charge on any atom is 0.410 e.